The van der Waals surface area contributed by atoms with Gasteiger partial charge >= 0.3 is 5.97 Å². The quantitative estimate of drug-likeness (QED) is 0.235. The number of carbonyl (C=O) groups excluding carboxylic acids is 1. The number of esters is 1. The summed E-state index contributed by atoms with van der Waals surface area (Å²) in [5, 5.41) is 12.1. The average Bonchev–Trinajstić information content (AvgIpc) is 3.27. The van der Waals surface area contributed by atoms with E-state index in [0.29, 0.717) is 29.7 Å². The van der Waals surface area contributed by atoms with Gasteiger partial charge in [0.1, 0.15) is 5.60 Å². The Labute approximate surface area is 208 Å². The number of hydrogen-bond donors (Lipinski definition) is 1. The first-order valence-corrected chi connectivity index (χ1v) is 14.8. The summed E-state index contributed by atoms with van der Waals surface area (Å²) in [5.41, 5.74) is -0.131. The molecule has 4 aliphatic carbocycles. The van der Waals surface area contributed by atoms with Gasteiger partial charge in [-0.05, 0) is 92.3 Å². The summed E-state index contributed by atoms with van der Waals surface area (Å²) in [6.45, 7) is 11.3. The minimum atomic E-state index is -0.707. The Bertz CT molecular complexity index is 786. The van der Waals surface area contributed by atoms with Crippen LogP contribution in [0.25, 0.3) is 0 Å². The van der Waals surface area contributed by atoms with Crippen molar-refractivity contribution in [2.45, 2.75) is 141 Å². The molecule has 0 aromatic heterocycles. The molecule has 0 bridgehead atoms. The second kappa shape index (κ2) is 8.93. The van der Waals surface area contributed by atoms with Gasteiger partial charge in [-0.25, -0.2) is 4.79 Å². The third-order valence-corrected chi connectivity index (χ3v) is 12.2. The van der Waals surface area contributed by atoms with E-state index in [2.05, 4.69) is 27.4 Å². The van der Waals surface area contributed by atoms with Crippen molar-refractivity contribution in [3.8, 4) is 0 Å². The van der Waals surface area contributed by atoms with Crippen LogP contribution in [0.1, 0.15) is 130 Å². The Kier molecular flexibility index (Phi) is 6.52. The molecule has 8 atom stereocenters. The maximum atomic E-state index is 12.1. The first kappa shape index (κ1) is 24.8. The normalized spacial score (nSPS) is 47.9. The molecule has 0 aromatic rings. The highest BCUT2D eigenvalue weighted by atomic mass is 16.6. The van der Waals surface area contributed by atoms with Crippen molar-refractivity contribution in [1.82, 2.24) is 0 Å². The van der Waals surface area contributed by atoms with Gasteiger partial charge in [-0.15, -0.1) is 0 Å². The van der Waals surface area contributed by atoms with Gasteiger partial charge in [0.05, 0.1) is 5.60 Å². The standard InChI is InChI=1S/C31H50O3/c1-5-6-7-8-9-10-11-23-12-13-25-24-14-17-31(33)21-30(20-22(2)27(32)34-30)19-18-29(31,4)26(24)15-16-28(23,25)3/h23-26,33H,2,5-21H2,1,3-4H3/t23-,24-,25-,26-,28+,29+,30+,31+/m0/s1. The first-order chi connectivity index (χ1) is 16.2. The summed E-state index contributed by atoms with van der Waals surface area (Å²) in [4.78, 5) is 12.1. The van der Waals surface area contributed by atoms with E-state index in [1.807, 2.05) is 0 Å². The van der Waals surface area contributed by atoms with Crippen LogP contribution in [0.2, 0.25) is 0 Å². The van der Waals surface area contributed by atoms with E-state index in [4.69, 9.17) is 4.74 Å². The molecule has 5 fully saturated rings. The molecular weight excluding hydrogens is 420 g/mol. The minimum absolute atomic E-state index is 0.0454. The fraction of sp³-hybridized carbons (Fsp3) is 0.903. The van der Waals surface area contributed by atoms with Crippen LogP contribution < -0.4 is 0 Å². The average molecular weight is 471 g/mol. The Hall–Kier alpha value is -0.830. The highest BCUT2D eigenvalue weighted by Crippen LogP contribution is 2.70. The van der Waals surface area contributed by atoms with Crippen LogP contribution in [0.3, 0.4) is 0 Å². The molecule has 1 spiro atoms. The summed E-state index contributed by atoms with van der Waals surface area (Å²) in [7, 11) is 0. The molecule has 5 aliphatic rings. The van der Waals surface area contributed by atoms with Crippen molar-refractivity contribution in [2.24, 2.45) is 34.5 Å². The molecule has 0 radical (unpaired) electrons. The zero-order chi connectivity index (χ0) is 24.2. The molecule has 34 heavy (non-hydrogen) atoms. The SMILES string of the molecule is C=C1C[C@@]2(CC[C@]3(C)[C@H]4CC[C@]5(C)[C@@H](CCCCCCCC)CC[C@H]5[C@@H]4CC[C@@]3(O)C2)OC1=O. The summed E-state index contributed by atoms with van der Waals surface area (Å²) in [5.74, 6) is 2.91. The lowest BCUT2D eigenvalue weighted by atomic mass is 9.42. The van der Waals surface area contributed by atoms with Crippen LogP contribution in [0.15, 0.2) is 12.2 Å². The van der Waals surface area contributed by atoms with Crippen LogP contribution in [-0.4, -0.2) is 22.3 Å². The van der Waals surface area contributed by atoms with Crippen molar-refractivity contribution in [3.05, 3.63) is 12.2 Å². The van der Waals surface area contributed by atoms with Crippen LogP contribution in [0.4, 0.5) is 0 Å². The minimum Gasteiger partial charge on any atom is -0.455 e. The molecule has 5 rings (SSSR count). The third-order valence-electron chi connectivity index (χ3n) is 12.2. The smallest absolute Gasteiger partial charge is 0.334 e. The topological polar surface area (TPSA) is 46.5 Å². The molecule has 192 valence electrons. The largest absolute Gasteiger partial charge is 0.455 e. The summed E-state index contributed by atoms with van der Waals surface area (Å²) in [6, 6.07) is 0. The molecule has 0 unspecified atom stereocenters. The molecule has 1 N–H and O–H groups in total. The van der Waals surface area contributed by atoms with E-state index in [1.54, 1.807) is 0 Å². The predicted octanol–water partition coefficient (Wildman–Crippen LogP) is 7.75. The predicted molar refractivity (Wildman–Crippen MR) is 137 cm³/mol. The molecule has 0 amide bonds. The summed E-state index contributed by atoms with van der Waals surface area (Å²) in [6.07, 6.45) is 20.5. The molecule has 4 saturated carbocycles. The number of rotatable bonds is 7. The number of hydrogen-bond acceptors (Lipinski definition) is 3. The second-order valence-corrected chi connectivity index (χ2v) is 13.8. The fourth-order valence-electron chi connectivity index (χ4n) is 10.1. The van der Waals surface area contributed by atoms with Gasteiger partial charge in [0, 0.05) is 18.4 Å². The molecule has 3 heteroatoms. The van der Waals surface area contributed by atoms with Gasteiger partial charge in [0.15, 0.2) is 0 Å². The summed E-state index contributed by atoms with van der Waals surface area (Å²) < 4.78 is 5.87. The van der Waals surface area contributed by atoms with E-state index in [9.17, 15) is 9.90 Å². The lowest BCUT2D eigenvalue weighted by molar-refractivity contribution is -0.238. The highest BCUT2D eigenvalue weighted by Gasteiger charge is 2.67. The number of ether oxygens (including phenoxy) is 1. The zero-order valence-corrected chi connectivity index (χ0v) is 22.3. The Morgan fingerprint density at radius 1 is 0.941 bits per heavy atom. The highest BCUT2D eigenvalue weighted by molar-refractivity contribution is 5.90. The number of fused-ring (bicyclic) bond motifs is 5. The van der Waals surface area contributed by atoms with E-state index < -0.39 is 11.2 Å². The van der Waals surface area contributed by atoms with E-state index in [-0.39, 0.29) is 11.4 Å². The van der Waals surface area contributed by atoms with Crippen LogP contribution in [0, 0.1) is 34.5 Å². The van der Waals surface area contributed by atoms with Crippen LogP contribution in [0.5, 0.6) is 0 Å². The number of aliphatic hydroxyl groups is 1. The van der Waals surface area contributed by atoms with Crippen molar-refractivity contribution >= 4 is 5.97 Å². The molecule has 3 nitrogen and oxygen atoms in total. The van der Waals surface area contributed by atoms with Gasteiger partial charge < -0.3 is 9.84 Å². The Balaban J connectivity index is 1.26. The molecule has 1 heterocycles. The Morgan fingerprint density at radius 3 is 2.44 bits per heavy atom. The first-order valence-electron chi connectivity index (χ1n) is 14.8. The number of carbonyl (C=O) groups is 1. The van der Waals surface area contributed by atoms with Gasteiger partial charge in [-0.1, -0.05) is 65.9 Å². The van der Waals surface area contributed by atoms with Crippen molar-refractivity contribution in [3.63, 3.8) is 0 Å². The van der Waals surface area contributed by atoms with Crippen molar-refractivity contribution in [1.29, 1.82) is 0 Å². The van der Waals surface area contributed by atoms with Crippen molar-refractivity contribution < 1.29 is 14.6 Å². The lowest BCUT2D eigenvalue weighted by Gasteiger charge is -2.65. The van der Waals surface area contributed by atoms with Gasteiger partial charge in [-0.3, -0.25) is 0 Å². The molecule has 1 saturated heterocycles. The van der Waals surface area contributed by atoms with Crippen LogP contribution in [-0.2, 0) is 9.53 Å². The second-order valence-electron chi connectivity index (χ2n) is 13.8. The maximum Gasteiger partial charge on any atom is 0.334 e. The molecule has 0 aromatic carbocycles. The van der Waals surface area contributed by atoms with E-state index >= 15 is 0 Å². The van der Waals surface area contributed by atoms with E-state index in [1.165, 1.54) is 70.6 Å². The maximum absolute atomic E-state index is 12.1. The lowest BCUT2D eigenvalue weighted by Crippen LogP contribution is -2.64. The Morgan fingerprint density at radius 2 is 1.71 bits per heavy atom. The molecule has 1 aliphatic heterocycles. The zero-order valence-electron chi connectivity index (χ0n) is 22.3. The fourth-order valence-corrected chi connectivity index (χ4v) is 10.1. The van der Waals surface area contributed by atoms with Crippen molar-refractivity contribution in [2.75, 3.05) is 0 Å². The van der Waals surface area contributed by atoms with Gasteiger partial charge in [-0.2, -0.15) is 0 Å². The number of unbranched alkanes of at least 4 members (excludes halogenated alkanes) is 5. The van der Waals surface area contributed by atoms with Crippen LogP contribution >= 0.6 is 0 Å². The van der Waals surface area contributed by atoms with Gasteiger partial charge in [0.2, 0.25) is 0 Å². The third kappa shape index (κ3) is 3.82. The molecular formula is C31H50O3. The van der Waals surface area contributed by atoms with Gasteiger partial charge in [0.25, 0.3) is 0 Å². The monoisotopic (exact) mass is 470 g/mol. The summed E-state index contributed by atoms with van der Waals surface area (Å²) >= 11 is 0. The van der Waals surface area contributed by atoms with E-state index in [0.717, 1.165) is 43.4 Å².